The molecule has 5 rings (SSSR count). The number of ketones is 1. The van der Waals surface area contributed by atoms with Crippen molar-refractivity contribution in [2.45, 2.75) is 89.6 Å². The predicted octanol–water partition coefficient (Wildman–Crippen LogP) is -0.579. The molecule has 2 saturated carbocycles. The number of Topliss-reactive ketones (excluding diaryl/α,β-unsaturated/α-hetero) is 1. The number of fused-ring (bicyclic) bond motifs is 2. The van der Waals surface area contributed by atoms with Crippen LogP contribution in [-0.4, -0.2) is 140 Å². The van der Waals surface area contributed by atoms with Crippen LogP contribution in [0.25, 0.3) is 11.2 Å². The van der Waals surface area contributed by atoms with Crippen molar-refractivity contribution >= 4 is 74.9 Å². The van der Waals surface area contributed by atoms with Gasteiger partial charge in [-0.05, 0) is 25.2 Å². The first-order valence-corrected chi connectivity index (χ1v) is 24.5. The number of phosphoric ester groups is 3. The molecular formula is C32H50N7O19P3S. The molecule has 0 radical (unpaired) electrons. The van der Waals surface area contributed by atoms with Gasteiger partial charge in [0.25, 0.3) is 0 Å². The van der Waals surface area contributed by atoms with Crippen molar-refractivity contribution < 1.29 is 90.4 Å². The highest BCUT2D eigenvalue weighted by Crippen LogP contribution is 2.61. The Morgan fingerprint density at radius 1 is 1.06 bits per heavy atom. The maximum Gasteiger partial charge on any atom is 0.481 e. The molecule has 26 nitrogen and oxygen atoms in total. The molecule has 62 heavy (non-hydrogen) atoms. The number of carbonyl (C=O) groups excluding carboxylic acids is 4. The third-order valence-electron chi connectivity index (χ3n) is 11.0. The fourth-order valence-corrected chi connectivity index (χ4v) is 11.3. The number of nitrogen functional groups attached to an aromatic ring is 1. The van der Waals surface area contributed by atoms with Crippen LogP contribution in [0.4, 0.5) is 5.82 Å². The quantitative estimate of drug-likeness (QED) is 0.0586. The highest BCUT2D eigenvalue weighted by molar-refractivity contribution is 8.13. The molecule has 3 fully saturated rings. The number of nitrogens with one attached hydrogen (secondary N) is 2. The number of carbonyl (C=O) groups is 4. The lowest BCUT2D eigenvalue weighted by Gasteiger charge is -2.42. The molecule has 2 aromatic heterocycles. The summed E-state index contributed by atoms with van der Waals surface area (Å²) in [4.78, 5) is 102. The number of imidazole rings is 1. The van der Waals surface area contributed by atoms with Gasteiger partial charge in [-0.3, -0.25) is 37.3 Å². The van der Waals surface area contributed by atoms with Crippen LogP contribution >= 0.6 is 35.2 Å². The van der Waals surface area contributed by atoms with Crippen molar-refractivity contribution in [1.29, 1.82) is 0 Å². The number of nitrogens with zero attached hydrogens (tertiary/aromatic N) is 4. The third kappa shape index (κ3) is 12.1. The maximum atomic E-state index is 13.0. The van der Waals surface area contributed by atoms with Crippen molar-refractivity contribution in [1.82, 2.24) is 30.2 Å². The van der Waals surface area contributed by atoms with Crippen LogP contribution in [0.3, 0.4) is 0 Å². The second-order valence-corrected chi connectivity index (χ2v) is 21.2. The SMILES string of the molecule is CC(C)(COP(=O)(O)OP(=O)(O)OC[C@H]1O[C@@H](n2cnc3c(N)ncnc32)[C@H](O)[C@@H]1OP(=O)(O)O)[C@@H](O)C(=O)NCCC(=O)NCCSC(=O)[C@@H]1[C@H](O)CC[C@]2(C)C(=O)CC[C@@H]12. The largest absolute Gasteiger partial charge is 0.481 e. The van der Waals surface area contributed by atoms with E-state index in [0.29, 0.717) is 25.7 Å². The van der Waals surface area contributed by atoms with E-state index < -0.39 is 102 Å². The van der Waals surface area contributed by atoms with Crippen LogP contribution in [0.5, 0.6) is 0 Å². The molecule has 2 amide bonds. The molecule has 30 heteroatoms. The molecule has 2 aromatic rings. The van der Waals surface area contributed by atoms with Gasteiger partial charge in [0.1, 0.15) is 42.0 Å². The van der Waals surface area contributed by atoms with E-state index in [9.17, 15) is 67.8 Å². The number of hydrogen-bond acceptors (Lipinski definition) is 20. The van der Waals surface area contributed by atoms with E-state index in [2.05, 4.69) is 34.4 Å². The average molecular weight is 962 g/mol. The Kier molecular flexibility index (Phi) is 16.0. The molecule has 2 aliphatic carbocycles. The molecule has 11 atom stereocenters. The second kappa shape index (κ2) is 19.7. The molecular weight excluding hydrogens is 911 g/mol. The minimum atomic E-state index is -5.60. The first-order valence-electron chi connectivity index (χ1n) is 19.0. The monoisotopic (exact) mass is 961 g/mol. The number of ether oxygens (including phenoxy) is 1. The van der Waals surface area contributed by atoms with Gasteiger partial charge in [0.2, 0.25) is 11.8 Å². The normalized spacial score (nSPS) is 29.1. The zero-order valence-corrected chi connectivity index (χ0v) is 37.0. The van der Waals surface area contributed by atoms with E-state index in [1.165, 1.54) is 13.8 Å². The van der Waals surface area contributed by atoms with E-state index in [0.717, 1.165) is 29.0 Å². The van der Waals surface area contributed by atoms with E-state index >= 15 is 0 Å². The zero-order chi connectivity index (χ0) is 46.0. The Balaban J connectivity index is 1.04. The molecule has 3 heterocycles. The summed E-state index contributed by atoms with van der Waals surface area (Å²) in [6.07, 6.45) is -6.10. The number of hydrogen-bond donors (Lipinski definition) is 10. The number of amides is 2. The zero-order valence-electron chi connectivity index (χ0n) is 33.5. The summed E-state index contributed by atoms with van der Waals surface area (Å²) >= 11 is 0.958. The summed E-state index contributed by atoms with van der Waals surface area (Å²) in [5.41, 5.74) is 3.60. The van der Waals surface area contributed by atoms with Crippen molar-refractivity contribution in [2.75, 3.05) is 37.8 Å². The van der Waals surface area contributed by atoms with Crippen LogP contribution in [0, 0.1) is 22.7 Å². The highest BCUT2D eigenvalue weighted by Gasteiger charge is 2.56. The lowest BCUT2D eigenvalue weighted by atomic mass is 9.63. The Bertz CT molecular complexity index is 2140. The first kappa shape index (κ1) is 50.2. The summed E-state index contributed by atoms with van der Waals surface area (Å²) in [7, 11) is -16.5. The van der Waals surface area contributed by atoms with Gasteiger partial charge in [0.15, 0.2) is 22.8 Å². The fourth-order valence-electron chi connectivity index (χ4n) is 7.59. The number of aliphatic hydroxyl groups is 3. The van der Waals surface area contributed by atoms with E-state index in [-0.39, 0.29) is 59.1 Å². The van der Waals surface area contributed by atoms with E-state index in [1.807, 2.05) is 6.92 Å². The Morgan fingerprint density at radius 3 is 2.45 bits per heavy atom. The van der Waals surface area contributed by atoms with Crippen LogP contribution in [0.1, 0.15) is 59.1 Å². The number of nitrogens with two attached hydrogens (primary N) is 1. The van der Waals surface area contributed by atoms with Crippen molar-refractivity contribution in [3.63, 3.8) is 0 Å². The van der Waals surface area contributed by atoms with E-state index in [4.69, 9.17) is 19.5 Å². The molecule has 2 unspecified atom stereocenters. The minimum Gasteiger partial charge on any atom is -0.392 e. The topological polar surface area (TPSA) is 401 Å². The number of anilines is 1. The summed E-state index contributed by atoms with van der Waals surface area (Å²) in [5, 5.41) is 36.8. The van der Waals surface area contributed by atoms with Crippen molar-refractivity contribution in [3.8, 4) is 0 Å². The van der Waals surface area contributed by atoms with Gasteiger partial charge < -0.3 is 56.0 Å². The summed E-state index contributed by atoms with van der Waals surface area (Å²) in [5.74, 6) is -2.14. The first-order chi connectivity index (χ1) is 28.8. The minimum absolute atomic E-state index is 0.0218. The number of phosphoric acid groups is 3. The number of aliphatic hydroxyl groups excluding tert-OH is 3. The molecule has 348 valence electrons. The Hall–Kier alpha value is -2.81. The van der Waals surface area contributed by atoms with Crippen LogP contribution in [0.2, 0.25) is 0 Å². The van der Waals surface area contributed by atoms with Crippen LogP contribution < -0.4 is 16.4 Å². The van der Waals surface area contributed by atoms with Crippen LogP contribution in [-0.2, 0) is 55.5 Å². The predicted molar refractivity (Wildman–Crippen MR) is 212 cm³/mol. The second-order valence-electron chi connectivity index (χ2n) is 15.9. The van der Waals surface area contributed by atoms with Gasteiger partial charge in [0, 0.05) is 42.5 Å². The molecule has 1 aliphatic heterocycles. The van der Waals surface area contributed by atoms with Crippen molar-refractivity contribution in [2.24, 2.45) is 22.7 Å². The van der Waals surface area contributed by atoms with Gasteiger partial charge in [0.05, 0.1) is 31.6 Å². The van der Waals surface area contributed by atoms with Gasteiger partial charge in [-0.2, -0.15) is 4.31 Å². The van der Waals surface area contributed by atoms with Crippen molar-refractivity contribution in [3.05, 3.63) is 12.7 Å². The molecule has 0 aromatic carbocycles. The summed E-state index contributed by atoms with van der Waals surface area (Å²) in [6, 6.07) is 0. The summed E-state index contributed by atoms with van der Waals surface area (Å²) in [6.45, 7) is 2.11. The highest BCUT2D eigenvalue weighted by atomic mass is 32.2. The maximum absolute atomic E-state index is 13.0. The molecule has 1 saturated heterocycles. The molecule has 11 N–H and O–H groups in total. The van der Waals surface area contributed by atoms with Gasteiger partial charge in [-0.25, -0.2) is 28.6 Å². The Labute approximate surface area is 357 Å². The fraction of sp³-hybridized carbons (Fsp3) is 0.719. The number of thioether (sulfide) groups is 1. The lowest BCUT2D eigenvalue weighted by Crippen LogP contribution is -2.47. The number of aromatic nitrogens is 4. The standard InChI is InChI=1S/C32H50N7O19P3S/c1-31(2,25(44)28(45)35-9-7-20(42)34-10-11-62-30(46)21-16-4-5-19(41)32(16,3)8-6-17(21)40)13-55-61(52,53)58-60(50,51)54-12-18-24(57-59(47,48)49)23(43)29(56-18)39-15-38-22-26(33)36-14-37-27(22)39/h14-18,21,23-25,29,40,43-44H,4-13H2,1-3H3,(H,34,42)(H,35,45)(H,50,51)(H,52,53)(H2,33,36,37)(H2,47,48,49)/t16-,17+,18+,21-,23+,24+,25-,29+,32-/m0/s1. The number of rotatable bonds is 20. The van der Waals surface area contributed by atoms with Gasteiger partial charge in [-0.1, -0.05) is 32.5 Å². The molecule has 3 aliphatic rings. The molecule has 0 spiro atoms. The third-order valence-corrected chi connectivity index (χ3v) is 15.0. The summed E-state index contributed by atoms with van der Waals surface area (Å²) < 4.78 is 62.3. The van der Waals surface area contributed by atoms with Crippen LogP contribution in [0.15, 0.2) is 12.7 Å². The van der Waals surface area contributed by atoms with Gasteiger partial charge in [-0.15, -0.1) is 0 Å². The molecule has 0 bridgehead atoms. The Morgan fingerprint density at radius 2 is 1.76 bits per heavy atom. The smallest absolute Gasteiger partial charge is 0.392 e. The average Bonchev–Trinajstić information content (AvgIpc) is 3.83. The lowest BCUT2D eigenvalue weighted by molar-refractivity contribution is -0.137. The van der Waals surface area contributed by atoms with E-state index in [1.54, 1.807) is 0 Å². The van der Waals surface area contributed by atoms with Gasteiger partial charge >= 0.3 is 23.5 Å².